The van der Waals surface area contributed by atoms with Crippen LogP contribution in [0.3, 0.4) is 0 Å². The molecule has 0 bridgehead atoms. The van der Waals surface area contributed by atoms with E-state index in [1.165, 1.54) is 0 Å². The number of piperidine rings is 1. The van der Waals surface area contributed by atoms with E-state index in [0.717, 1.165) is 25.1 Å². The summed E-state index contributed by atoms with van der Waals surface area (Å²) in [5.74, 6) is -1.50. The Bertz CT molecular complexity index is 718. The van der Waals surface area contributed by atoms with E-state index in [0.29, 0.717) is 17.3 Å². The predicted molar refractivity (Wildman–Crippen MR) is 103 cm³/mol. The highest BCUT2D eigenvalue weighted by atomic mass is 16.2. The van der Waals surface area contributed by atoms with Gasteiger partial charge in [-0.1, -0.05) is 13.8 Å². The number of guanidine groups is 1. The first-order valence-corrected chi connectivity index (χ1v) is 8.45. The maximum atomic E-state index is 11.1. The number of nitrogens with one attached hydrogen (secondary N) is 2. The fourth-order valence-corrected chi connectivity index (χ4v) is 3.52. The summed E-state index contributed by atoms with van der Waals surface area (Å²) >= 11 is 0. The second-order valence-electron chi connectivity index (χ2n) is 7.38. The standard InChI is InChI=1S/C17H23B2N5O2/c1-10-13(21-16(22-14(18)25)23-15(19)26)7-11(8-20-10)12-5-6-24(4)9-17(12,2)3/h7-8,12H,5-6,9H2,1-4H3,(H2,21,22,23,25,26). The first kappa shape index (κ1) is 20.2. The average molecular weight is 351 g/mol. The van der Waals surface area contributed by atoms with Crippen molar-refractivity contribution in [2.24, 2.45) is 10.4 Å². The van der Waals surface area contributed by atoms with Gasteiger partial charge in [-0.15, -0.1) is 0 Å². The SMILES string of the molecule is [B]C(=O)NC(=Nc1cc(C2CCN(C)CC2(C)C)cnc1C)NC([B])=O. The van der Waals surface area contributed by atoms with Crippen molar-refractivity contribution < 1.29 is 9.59 Å². The molecule has 1 atom stereocenters. The Kier molecular flexibility index (Phi) is 6.23. The number of amides is 2. The zero-order chi connectivity index (χ0) is 19.5. The molecule has 4 radical (unpaired) electrons. The fraction of sp³-hybridized carbons (Fsp3) is 0.529. The Labute approximate surface area is 156 Å². The lowest BCUT2D eigenvalue weighted by Gasteiger charge is -2.43. The Balaban J connectivity index is 2.38. The third-order valence-corrected chi connectivity index (χ3v) is 4.62. The molecule has 0 saturated carbocycles. The van der Waals surface area contributed by atoms with Crippen LogP contribution in [0.4, 0.5) is 15.3 Å². The minimum atomic E-state index is -0.851. The second kappa shape index (κ2) is 8.03. The van der Waals surface area contributed by atoms with Gasteiger partial charge < -0.3 is 15.5 Å². The molecule has 0 aromatic carbocycles. The van der Waals surface area contributed by atoms with Crippen LogP contribution in [0.1, 0.15) is 37.4 Å². The number of aromatic nitrogens is 1. The van der Waals surface area contributed by atoms with Crippen molar-refractivity contribution >= 4 is 39.0 Å². The Morgan fingerprint density at radius 1 is 1.31 bits per heavy atom. The number of likely N-dealkylation sites (tertiary alicyclic amines) is 1. The van der Waals surface area contributed by atoms with Gasteiger partial charge in [-0.2, -0.15) is 0 Å². The molecule has 2 amide bonds. The highest BCUT2D eigenvalue weighted by molar-refractivity contribution is 6.60. The van der Waals surface area contributed by atoms with Crippen LogP contribution in [0.2, 0.25) is 0 Å². The summed E-state index contributed by atoms with van der Waals surface area (Å²) in [5, 5.41) is 4.50. The van der Waals surface area contributed by atoms with Crippen molar-refractivity contribution in [2.75, 3.05) is 20.1 Å². The molecule has 1 unspecified atom stereocenters. The molecule has 0 spiro atoms. The fourth-order valence-electron chi connectivity index (χ4n) is 3.52. The van der Waals surface area contributed by atoms with Gasteiger partial charge in [0.05, 0.1) is 11.4 Å². The van der Waals surface area contributed by atoms with Crippen molar-refractivity contribution in [3.8, 4) is 0 Å². The maximum absolute atomic E-state index is 11.1. The highest BCUT2D eigenvalue weighted by Gasteiger charge is 2.35. The monoisotopic (exact) mass is 351 g/mol. The topological polar surface area (TPSA) is 86.7 Å². The molecule has 1 aliphatic heterocycles. The molecule has 7 nitrogen and oxygen atoms in total. The molecule has 1 fully saturated rings. The molecule has 1 aromatic rings. The van der Waals surface area contributed by atoms with Crippen molar-refractivity contribution in [1.82, 2.24) is 20.5 Å². The van der Waals surface area contributed by atoms with E-state index in [9.17, 15) is 9.59 Å². The van der Waals surface area contributed by atoms with Crippen LogP contribution >= 0.6 is 0 Å². The largest absolute Gasteiger partial charge is 0.306 e. The summed E-state index contributed by atoms with van der Waals surface area (Å²) in [4.78, 5) is 33.3. The summed E-state index contributed by atoms with van der Waals surface area (Å²) in [7, 11) is 12.3. The number of hydrogen-bond acceptors (Lipinski definition) is 5. The van der Waals surface area contributed by atoms with Crippen LogP contribution in [0.15, 0.2) is 17.3 Å². The van der Waals surface area contributed by atoms with Crippen molar-refractivity contribution in [2.45, 2.75) is 33.1 Å². The third-order valence-electron chi connectivity index (χ3n) is 4.62. The molecule has 2 N–H and O–H groups in total. The zero-order valence-corrected chi connectivity index (χ0v) is 15.7. The van der Waals surface area contributed by atoms with E-state index < -0.39 is 11.6 Å². The number of pyridine rings is 1. The van der Waals surface area contributed by atoms with Gasteiger partial charge >= 0.3 is 0 Å². The van der Waals surface area contributed by atoms with Gasteiger partial charge in [0, 0.05) is 12.7 Å². The molecule has 0 aliphatic carbocycles. The first-order chi connectivity index (χ1) is 12.1. The number of hydrogen-bond donors (Lipinski definition) is 2. The van der Waals surface area contributed by atoms with Crippen molar-refractivity contribution in [1.29, 1.82) is 0 Å². The van der Waals surface area contributed by atoms with E-state index in [1.807, 2.05) is 12.3 Å². The molecule has 26 heavy (non-hydrogen) atoms. The van der Waals surface area contributed by atoms with Gasteiger partial charge in [0.25, 0.3) is 0 Å². The number of carbonyl (C=O) groups is 2. The quantitative estimate of drug-likeness (QED) is 0.481. The molecular formula is C17H23B2N5O2. The van der Waals surface area contributed by atoms with E-state index in [-0.39, 0.29) is 11.4 Å². The van der Waals surface area contributed by atoms with E-state index in [2.05, 4.69) is 46.4 Å². The summed E-state index contributed by atoms with van der Waals surface area (Å²) in [5.41, 5.74) is 2.36. The number of nitrogens with zero attached hydrogens (tertiary/aromatic N) is 3. The van der Waals surface area contributed by atoms with E-state index in [4.69, 9.17) is 15.7 Å². The summed E-state index contributed by atoms with van der Waals surface area (Å²) in [6, 6.07) is 1.94. The van der Waals surface area contributed by atoms with Crippen LogP contribution in [0, 0.1) is 12.3 Å². The summed E-state index contributed by atoms with van der Waals surface area (Å²) in [6.45, 7) is 8.28. The Morgan fingerprint density at radius 3 is 2.46 bits per heavy atom. The van der Waals surface area contributed by atoms with Crippen LogP contribution in [-0.2, 0) is 0 Å². The molecule has 1 aromatic heterocycles. The van der Waals surface area contributed by atoms with Crippen LogP contribution < -0.4 is 10.6 Å². The summed E-state index contributed by atoms with van der Waals surface area (Å²) < 4.78 is 0. The minimum Gasteiger partial charge on any atom is -0.306 e. The average Bonchev–Trinajstić information content (AvgIpc) is 2.47. The Hall–Kier alpha value is -2.15. The van der Waals surface area contributed by atoms with Gasteiger partial charge in [0.15, 0.2) is 11.6 Å². The maximum Gasteiger partial charge on any atom is 0.208 e. The zero-order valence-electron chi connectivity index (χ0n) is 15.7. The van der Waals surface area contributed by atoms with Gasteiger partial charge in [-0.3, -0.25) is 14.6 Å². The summed E-state index contributed by atoms with van der Waals surface area (Å²) in [6.07, 6.45) is 2.89. The Morgan fingerprint density at radius 2 is 1.92 bits per heavy atom. The minimum absolute atomic E-state index is 0.0880. The lowest BCUT2D eigenvalue weighted by atomic mass is 9.71. The highest BCUT2D eigenvalue weighted by Crippen LogP contribution is 2.42. The predicted octanol–water partition coefficient (Wildman–Crippen LogP) is 1.58. The van der Waals surface area contributed by atoms with Crippen molar-refractivity contribution in [3.05, 3.63) is 23.5 Å². The number of aryl methyl sites for hydroxylation is 1. The van der Waals surface area contributed by atoms with Gasteiger partial charge in [-0.05, 0) is 49.9 Å². The van der Waals surface area contributed by atoms with Crippen molar-refractivity contribution in [3.63, 3.8) is 0 Å². The van der Waals surface area contributed by atoms with Gasteiger partial charge in [0.2, 0.25) is 21.7 Å². The molecule has 2 heterocycles. The molecule has 134 valence electrons. The van der Waals surface area contributed by atoms with Crippen LogP contribution in [0.25, 0.3) is 0 Å². The smallest absolute Gasteiger partial charge is 0.208 e. The van der Waals surface area contributed by atoms with E-state index in [1.54, 1.807) is 6.92 Å². The lowest BCUT2D eigenvalue weighted by molar-refractivity contribution is 0.114. The van der Waals surface area contributed by atoms with Crippen LogP contribution in [0.5, 0.6) is 0 Å². The molecule has 2 rings (SSSR count). The van der Waals surface area contributed by atoms with E-state index >= 15 is 0 Å². The second-order valence-corrected chi connectivity index (χ2v) is 7.38. The van der Waals surface area contributed by atoms with Crippen LogP contribution in [-0.4, -0.2) is 63.3 Å². The normalized spacial score (nSPS) is 19.5. The lowest BCUT2D eigenvalue weighted by Crippen LogP contribution is -2.43. The van der Waals surface area contributed by atoms with Gasteiger partial charge in [-0.25, -0.2) is 4.99 Å². The third kappa shape index (κ3) is 5.17. The molecule has 1 aliphatic rings. The molecular weight excluding hydrogens is 328 g/mol. The number of aliphatic imine (C=N–C) groups is 1. The number of rotatable bonds is 2. The number of carbonyl (C=O) groups excluding carboxylic acids is 2. The molecule has 1 saturated heterocycles. The molecule has 9 heteroatoms. The van der Waals surface area contributed by atoms with Gasteiger partial charge in [0.1, 0.15) is 0 Å². The first-order valence-electron chi connectivity index (χ1n) is 8.45.